The van der Waals surface area contributed by atoms with E-state index in [1.54, 1.807) is 30.3 Å². The van der Waals surface area contributed by atoms with Crippen LogP contribution in [0.4, 0.5) is 11.4 Å². The minimum absolute atomic E-state index is 0.112. The number of benzene rings is 2. The average Bonchev–Trinajstić information content (AvgIpc) is 2.80. The SMILES string of the molecule is O=C([O-])c1ccccc1NC1=C(Cl)C(=O)N(c2ccc(I)cc2)C1=O. The fourth-order valence-electron chi connectivity index (χ4n) is 2.34. The highest BCUT2D eigenvalue weighted by Crippen LogP contribution is 2.31. The molecule has 3 rings (SSSR count). The Morgan fingerprint density at radius 2 is 1.68 bits per heavy atom. The van der Waals surface area contributed by atoms with Crippen LogP contribution >= 0.6 is 34.2 Å². The summed E-state index contributed by atoms with van der Waals surface area (Å²) in [5.41, 5.74) is 0.158. The summed E-state index contributed by atoms with van der Waals surface area (Å²) in [6.45, 7) is 0. The van der Waals surface area contributed by atoms with Gasteiger partial charge in [0.1, 0.15) is 10.7 Å². The molecular formula is C17H9ClIN2O4-. The lowest BCUT2D eigenvalue weighted by Crippen LogP contribution is -2.32. The van der Waals surface area contributed by atoms with Gasteiger partial charge >= 0.3 is 0 Å². The number of carbonyl (C=O) groups is 3. The van der Waals surface area contributed by atoms with E-state index in [0.717, 1.165) is 8.47 Å². The third kappa shape index (κ3) is 3.24. The normalized spacial score (nSPS) is 14.2. The summed E-state index contributed by atoms with van der Waals surface area (Å²) in [6, 6.07) is 12.6. The van der Waals surface area contributed by atoms with Crippen molar-refractivity contribution >= 4 is 63.4 Å². The second kappa shape index (κ2) is 6.85. The van der Waals surface area contributed by atoms with Gasteiger partial charge in [0.15, 0.2) is 0 Å². The van der Waals surface area contributed by atoms with E-state index in [-0.39, 0.29) is 22.0 Å². The van der Waals surface area contributed by atoms with Gasteiger partial charge < -0.3 is 15.2 Å². The molecule has 0 saturated carbocycles. The first-order valence-electron chi connectivity index (χ1n) is 7.01. The highest BCUT2D eigenvalue weighted by Gasteiger charge is 2.39. The quantitative estimate of drug-likeness (QED) is 0.549. The maximum atomic E-state index is 12.6. The fraction of sp³-hybridized carbons (Fsp3) is 0. The lowest BCUT2D eigenvalue weighted by Gasteiger charge is -2.16. The molecule has 0 spiro atoms. The van der Waals surface area contributed by atoms with Gasteiger partial charge in [-0.2, -0.15) is 0 Å². The summed E-state index contributed by atoms with van der Waals surface area (Å²) >= 11 is 8.13. The van der Waals surface area contributed by atoms with Crippen molar-refractivity contribution in [2.45, 2.75) is 0 Å². The number of aromatic carboxylic acids is 1. The van der Waals surface area contributed by atoms with Crippen molar-refractivity contribution in [3.8, 4) is 0 Å². The van der Waals surface area contributed by atoms with E-state index >= 15 is 0 Å². The molecule has 2 aromatic carbocycles. The van der Waals surface area contributed by atoms with Crippen molar-refractivity contribution in [2.24, 2.45) is 0 Å². The number of imide groups is 1. The number of rotatable bonds is 4. The summed E-state index contributed by atoms with van der Waals surface area (Å²) in [7, 11) is 0. The molecule has 0 unspecified atom stereocenters. The first-order chi connectivity index (χ1) is 11.9. The molecule has 1 N–H and O–H groups in total. The number of carboxylic acids is 1. The third-order valence-electron chi connectivity index (χ3n) is 3.52. The number of amides is 2. The number of hydrogen-bond donors (Lipinski definition) is 1. The highest BCUT2D eigenvalue weighted by atomic mass is 127. The molecule has 8 heteroatoms. The Labute approximate surface area is 161 Å². The Balaban J connectivity index is 1.95. The maximum Gasteiger partial charge on any atom is 0.283 e. The number of nitrogens with zero attached hydrogens (tertiary/aromatic N) is 1. The van der Waals surface area contributed by atoms with Crippen LogP contribution in [0.15, 0.2) is 59.3 Å². The molecule has 1 aliphatic rings. The summed E-state index contributed by atoms with van der Waals surface area (Å²) in [5, 5.41) is 13.5. The third-order valence-corrected chi connectivity index (χ3v) is 4.59. The van der Waals surface area contributed by atoms with Gasteiger partial charge in [-0.05, 0) is 52.9 Å². The van der Waals surface area contributed by atoms with Crippen LogP contribution in [0.2, 0.25) is 0 Å². The predicted molar refractivity (Wildman–Crippen MR) is 98.9 cm³/mol. The zero-order valence-corrected chi connectivity index (χ0v) is 15.4. The molecule has 2 aromatic rings. The van der Waals surface area contributed by atoms with Crippen LogP contribution in [-0.4, -0.2) is 17.8 Å². The minimum atomic E-state index is -1.41. The van der Waals surface area contributed by atoms with Crippen molar-refractivity contribution in [1.29, 1.82) is 0 Å². The second-order valence-electron chi connectivity index (χ2n) is 5.07. The van der Waals surface area contributed by atoms with Gasteiger partial charge in [0.05, 0.1) is 11.7 Å². The van der Waals surface area contributed by atoms with Crippen LogP contribution in [0.3, 0.4) is 0 Å². The largest absolute Gasteiger partial charge is 0.545 e. The van der Waals surface area contributed by atoms with Crippen LogP contribution < -0.4 is 15.3 Å². The smallest absolute Gasteiger partial charge is 0.283 e. The van der Waals surface area contributed by atoms with Gasteiger partial charge in [0.25, 0.3) is 11.8 Å². The number of nitrogens with one attached hydrogen (secondary N) is 1. The molecule has 0 saturated heterocycles. The summed E-state index contributed by atoms with van der Waals surface area (Å²) in [4.78, 5) is 37.1. The molecule has 0 atom stereocenters. The van der Waals surface area contributed by atoms with E-state index in [1.165, 1.54) is 18.2 Å². The van der Waals surface area contributed by atoms with Crippen LogP contribution in [-0.2, 0) is 9.59 Å². The van der Waals surface area contributed by atoms with Gasteiger partial charge in [-0.25, -0.2) is 4.90 Å². The van der Waals surface area contributed by atoms with Crippen molar-refractivity contribution in [2.75, 3.05) is 10.2 Å². The molecular weight excluding hydrogens is 459 g/mol. The number of anilines is 2. The Hall–Kier alpha value is -2.39. The van der Waals surface area contributed by atoms with E-state index in [0.29, 0.717) is 5.69 Å². The molecule has 126 valence electrons. The molecule has 25 heavy (non-hydrogen) atoms. The molecule has 1 heterocycles. The van der Waals surface area contributed by atoms with E-state index < -0.39 is 17.8 Å². The minimum Gasteiger partial charge on any atom is -0.545 e. The zero-order valence-electron chi connectivity index (χ0n) is 12.5. The standard InChI is InChI=1S/C17H10ClIN2O4/c18-13-14(20-12-4-2-1-3-11(12)17(24)25)16(23)21(15(13)22)10-7-5-9(19)6-8-10/h1-8,20H,(H,24,25)/p-1. The number of para-hydroxylation sites is 1. The van der Waals surface area contributed by atoms with Crippen LogP contribution in [0.1, 0.15) is 10.4 Å². The van der Waals surface area contributed by atoms with E-state index in [4.69, 9.17) is 11.6 Å². The second-order valence-corrected chi connectivity index (χ2v) is 6.69. The molecule has 0 aliphatic carbocycles. The van der Waals surface area contributed by atoms with Gasteiger partial charge in [-0.3, -0.25) is 9.59 Å². The average molecular weight is 468 g/mol. The fourth-order valence-corrected chi connectivity index (χ4v) is 2.91. The van der Waals surface area contributed by atoms with Crippen molar-refractivity contribution < 1.29 is 19.5 Å². The van der Waals surface area contributed by atoms with Gasteiger partial charge in [-0.1, -0.05) is 29.8 Å². The van der Waals surface area contributed by atoms with Gasteiger partial charge in [0, 0.05) is 14.8 Å². The Morgan fingerprint density at radius 1 is 1.04 bits per heavy atom. The first kappa shape index (κ1) is 17.4. The Bertz CT molecular complexity index is 925. The molecule has 0 fully saturated rings. The summed E-state index contributed by atoms with van der Waals surface area (Å²) in [5.74, 6) is -2.75. The summed E-state index contributed by atoms with van der Waals surface area (Å²) in [6.07, 6.45) is 0. The van der Waals surface area contributed by atoms with E-state index in [9.17, 15) is 19.5 Å². The van der Waals surface area contributed by atoms with Gasteiger partial charge in [-0.15, -0.1) is 0 Å². The van der Waals surface area contributed by atoms with Gasteiger partial charge in [0.2, 0.25) is 0 Å². The van der Waals surface area contributed by atoms with Crippen molar-refractivity contribution in [1.82, 2.24) is 0 Å². The van der Waals surface area contributed by atoms with Crippen LogP contribution in [0.25, 0.3) is 0 Å². The topological polar surface area (TPSA) is 89.5 Å². The molecule has 0 radical (unpaired) electrons. The molecule has 2 amide bonds. The lowest BCUT2D eigenvalue weighted by atomic mass is 10.1. The van der Waals surface area contributed by atoms with Crippen molar-refractivity contribution in [3.05, 3.63) is 68.4 Å². The van der Waals surface area contributed by atoms with Crippen molar-refractivity contribution in [3.63, 3.8) is 0 Å². The number of carboxylic acid groups (broad SMARTS) is 1. The van der Waals surface area contributed by atoms with E-state index in [2.05, 4.69) is 27.9 Å². The molecule has 1 aliphatic heterocycles. The lowest BCUT2D eigenvalue weighted by molar-refractivity contribution is -0.254. The Kier molecular flexibility index (Phi) is 4.78. The highest BCUT2D eigenvalue weighted by molar-refractivity contribution is 14.1. The van der Waals surface area contributed by atoms with Crippen LogP contribution in [0, 0.1) is 3.57 Å². The summed E-state index contributed by atoms with van der Waals surface area (Å²) < 4.78 is 0.945. The first-order valence-corrected chi connectivity index (χ1v) is 8.47. The monoisotopic (exact) mass is 467 g/mol. The van der Waals surface area contributed by atoms with Crippen LogP contribution in [0.5, 0.6) is 0 Å². The number of halogens is 2. The Morgan fingerprint density at radius 3 is 2.32 bits per heavy atom. The molecule has 0 aromatic heterocycles. The number of hydrogen-bond acceptors (Lipinski definition) is 5. The molecule has 6 nitrogen and oxygen atoms in total. The molecule has 0 bridgehead atoms. The predicted octanol–water partition coefficient (Wildman–Crippen LogP) is 2.09. The number of carbonyl (C=O) groups excluding carboxylic acids is 3. The zero-order chi connectivity index (χ0) is 18.1. The van der Waals surface area contributed by atoms with E-state index in [1.807, 2.05) is 0 Å². The maximum absolute atomic E-state index is 12.6.